The molecule has 1 aliphatic rings. The van der Waals surface area contributed by atoms with E-state index in [1.54, 1.807) is 22.6 Å². The molecule has 0 atom stereocenters. The minimum Gasteiger partial charge on any atom is -0.374 e. The molecule has 1 saturated carbocycles. The number of anilines is 1. The molecule has 86 valence electrons. The summed E-state index contributed by atoms with van der Waals surface area (Å²) in [7, 11) is 0. The molecule has 1 N–H and O–H groups in total. The zero-order valence-corrected chi connectivity index (χ0v) is 10.7. The number of nitrogens with one attached hydrogen (secondary N) is 1. The molecular weight excluding hydrogens is 326 g/mol. The van der Waals surface area contributed by atoms with Crippen LogP contribution in [0.1, 0.15) is 19.8 Å². The molecule has 0 bridgehead atoms. The van der Waals surface area contributed by atoms with E-state index in [9.17, 15) is 14.5 Å². The number of nitrogens with zero attached hydrogens (tertiary/aromatic N) is 1. The van der Waals surface area contributed by atoms with Gasteiger partial charge in [0.15, 0.2) is 0 Å². The van der Waals surface area contributed by atoms with Crippen LogP contribution >= 0.6 is 22.6 Å². The summed E-state index contributed by atoms with van der Waals surface area (Å²) in [5.41, 5.74) is 0.0890. The van der Waals surface area contributed by atoms with Crippen LogP contribution < -0.4 is 5.32 Å². The molecule has 1 aliphatic carbocycles. The molecule has 4 nitrogen and oxygen atoms in total. The monoisotopic (exact) mass is 336 g/mol. The van der Waals surface area contributed by atoms with Crippen molar-refractivity contribution in [3.63, 3.8) is 0 Å². The van der Waals surface area contributed by atoms with Gasteiger partial charge < -0.3 is 5.32 Å². The number of hydrogen-bond donors (Lipinski definition) is 1. The summed E-state index contributed by atoms with van der Waals surface area (Å²) < 4.78 is 13.6. The van der Waals surface area contributed by atoms with Gasteiger partial charge in [-0.15, -0.1) is 0 Å². The number of rotatable bonds is 3. The average Bonchev–Trinajstić information content (AvgIpc) is 2.89. The predicted octanol–water partition coefficient (Wildman–Crippen LogP) is 3.30. The Kier molecular flexibility index (Phi) is 2.77. The number of benzene rings is 1. The van der Waals surface area contributed by atoms with Crippen LogP contribution in [0.4, 0.5) is 15.8 Å². The van der Waals surface area contributed by atoms with Crippen molar-refractivity contribution in [1.29, 1.82) is 0 Å². The van der Waals surface area contributed by atoms with Crippen LogP contribution in [0.15, 0.2) is 12.1 Å². The Morgan fingerprint density at radius 3 is 2.69 bits per heavy atom. The highest BCUT2D eigenvalue weighted by Gasteiger charge is 2.38. The van der Waals surface area contributed by atoms with Gasteiger partial charge in [-0.3, -0.25) is 10.1 Å². The first-order valence-corrected chi connectivity index (χ1v) is 5.91. The molecule has 0 aromatic heterocycles. The zero-order valence-electron chi connectivity index (χ0n) is 8.59. The Morgan fingerprint density at radius 1 is 1.56 bits per heavy atom. The molecule has 0 saturated heterocycles. The lowest BCUT2D eigenvalue weighted by molar-refractivity contribution is -0.384. The van der Waals surface area contributed by atoms with Gasteiger partial charge in [0.25, 0.3) is 5.69 Å². The lowest BCUT2D eigenvalue weighted by Crippen LogP contribution is -2.17. The first kappa shape index (κ1) is 11.6. The zero-order chi connectivity index (χ0) is 11.9. The van der Waals surface area contributed by atoms with E-state index in [4.69, 9.17) is 0 Å². The highest BCUT2D eigenvalue weighted by molar-refractivity contribution is 14.1. The maximum absolute atomic E-state index is 13.3. The number of hydrogen-bond acceptors (Lipinski definition) is 3. The fourth-order valence-electron chi connectivity index (χ4n) is 1.43. The fraction of sp³-hybridized carbons (Fsp3) is 0.400. The molecule has 16 heavy (non-hydrogen) atoms. The molecule has 1 aromatic rings. The average molecular weight is 336 g/mol. The Balaban J connectivity index is 2.41. The van der Waals surface area contributed by atoms with Crippen molar-refractivity contribution >= 4 is 34.0 Å². The molecule has 0 unspecified atom stereocenters. The summed E-state index contributed by atoms with van der Waals surface area (Å²) in [4.78, 5) is 10.3. The molecule has 0 aliphatic heterocycles. The summed E-state index contributed by atoms with van der Waals surface area (Å²) >= 11 is 1.75. The summed E-state index contributed by atoms with van der Waals surface area (Å²) in [6, 6.07) is 2.45. The maximum Gasteiger partial charge on any atom is 0.293 e. The van der Waals surface area contributed by atoms with Gasteiger partial charge in [0.05, 0.1) is 8.49 Å². The number of halogens is 2. The summed E-state index contributed by atoms with van der Waals surface area (Å²) in [6.07, 6.45) is 1.91. The van der Waals surface area contributed by atoms with Gasteiger partial charge >= 0.3 is 0 Å². The Bertz CT molecular complexity index is 460. The molecule has 0 amide bonds. The van der Waals surface area contributed by atoms with Crippen LogP contribution in [0.2, 0.25) is 0 Å². The fourth-order valence-corrected chi connectivity index (χ4v) is 1.88. The second kappa shape index (κ2) is 3.83. The minimum absolute atomic E-state index is 0.0704. The second-order valence-electron chi connectivity index (χ2n) is 4.23. The Labute approximate surface area is 106 Å². The summed E-state index contributed by atoms with van der Waals surface area (Å²) in [6.45, 7) is 1.96. The van der Waals surface area contributed by atoms with Crippen molar-refractivity contribution in [3.05, 3.63) is 31.6 Å². The third-order valence-electron chi connectivity index (χ3n) is 2.67. The van der Waals surface area contributed by atoms with Gasteiger partial charge in [-0.2, -0.15) is 0 Å². The van der Waals surface area contributed by atoms with Crippen molar-refractivity contribution in [2.75, 3.05) is 5.32 Å². The smallest absolute Gasteiger partial charge is 0.293 e. The van der Waals surface area contributed by atoms with Crippen molar-refractivity contribution in [2.24, 2.45) is 0 Å². The maximum atomic E-state index is 13.3. The van der Waals surface area contributed by atoms with E-state index < -0.39 is 10.7 Å². The van der Waals surface area contributed by atoms with E-state index >= 15 is 0 Å². The van der Waals surface area contributed by atoms with Gasteiger partial charge in [-0.1, -0.05) is 0 Å². The Morgan fingerprint density at radius 2 is 2.19 bits per heavy atom. The predicted molar refractivity (Wildman–Crippen MR) is 67.0 cm³/mol. The molecule has 0 spiro atoms. The molecular formula is C10H10FIN2O2. The van der Waals surface area contributed by atoms with E-state index in [1.807, 2.05) is 6.92 Å². The molecule has 2 rings (SSSR count). The van der Waals surface area contributed by atoms with E-state index in [-0.39, 0.29) is 20.5 Å². The quantitative estimate of drug-likeness (QED) is 0.523. The summed E-state index contributed by atoms with van der Waals surface area (Å²) in [5, 5.41) is 13.9. The van der Waals surface area contributed by atoms with Crippen molar-refractivity contribution in [1.82, 2.24) is 0 Å². The van der Waals surface area contributed by atoms with E-state index in [2.05, 4.69) is 5.32 Å². The third kappa shape index (κ3) is 2.26. The first-order valence-electron chi connectivity index (χ1n) is 4.83. The topological polar surface area (TPSA) is 55.2 Å². The van der Waals surface area contributed by atoms with E-state index in [0.29, 0.717) is 0 Å². The van der Waals surface area contributed by atoms with Gasteiger partial charge in [-0.25, -0.2) is 4.39 Å². The number of nitro benzene ring substituents is 1. The molecule has 0 heterocycles. The Hall–Kier alpha value is -0.920. The SMILES string of the molecule is CC1(Nc2cc(F)c(I)cc2[N+](=O)[O-])CC1. The molecule has 6 heteroatoms. The van der Waals surface area contributed by atoms with Crippen molar-refractivity contribution in [2.45, 2.75) is 25.3 Å². The van der Waals surface area contributed by atoms with Crippen molar-refractivity contribution < 1.29 is 9.31 Å². The lowest BCUT2D eigenvalue weighted by atomic mass is 10.2. The van der Waals surface area contributed by atoms with Crippen LogP contribution in [-0.2, 0) is 0 Å². The van der Waals surface area contributed by atoms with Crippen LogP contribution in [0, 0.1) is 19.5 Å². The van der Waals surface area contributed by atoms with Crippen LogP contribution in [0.3, 0.4) is 0 Å². The normalized spacial score (nSPS) is 16.9. The second-order valence-corrected chi connectivity index (χ2v) is 5.39. The molecule has 1 fully saturated rings. The van der Waals surface area contributed by atoms with E-state index in [0.717, 1.165) is 12.8 Å². The largest absolute Gasteiger partial charge is 0.374 e. The summed E-state index contributed by atoms with van der Waals surface area (Å²) in [5.74, 6) is -0.432. The third-order valence-corrected chi connectivity index (χ3v) is 3.50. The highest BCUT2D eigenvalue weighted by atomic mass is 127. The highest BCUT2D eigenvalue weighted by Crippen LogP contribution is 2.41. The van der Waals surface area contributed by atoms with E-state index in [1.165, 1.54) is 12.1 Å². The molecule has 1 aromatic carbocycles. The minimum atomic E-state index is -0.490. The van der Waals surface area contributed by atoms with Gasteiger partial charge in [0, 0.05) is 17.7 Å². The van der Waals surface area contributed by atoms with Crippen molar-refractivity contribution in [3.8, 4) is 0 Å². The standard InChI is InChI=1S/C10H10FIN2O2/c1-10(2-3-10)13-8-4-6(11)7(12)5-9(8)14(15)16/h4-5,13H,2-3H2,1H3. The van der Waals surface area contributed by atoms with Gasteiger partial charge in [0.1, 0.15) is 11.5 Å². The van der Waals surface area contributed by atoms with Crippen LogP contribution in [-0.4, -0.2) is 10.5 Å². The molecule has 0 radical (unpaired) electrons. The first-order chi connectivity index (χ1) is 7.41. The van der Waals surface area contributed by atoms with Crippen LogP contribution in [0.5, 0.6) is 0 Å². The van der Waals surface area contributed by atoms with Crippen LogP contribution in [0.25, 0.3) is 0 Å². The number of nitro groups is 1. The van der Waals surface area contributed by atoms with Gasteiger partial charge in [-0.05, 0) is 42.4 Å². The van der Waals surface area contributed by atoms with Gasteiger partial charge in [0.2, 0.25) is 0 Å². The lowest BCUT2D eigenvalue weighted by Gasteiger charge is -2.13.